The van der Waals surface area contributed by atoms with E-state index in [9.17, 15) is 4.79 Å². The van der Waals surface area contributed by atoms with Gasteiger partial charge in [-0.05, 0) is 44.4 Å². The first kappa shape index (κ1) is 16.8. The van der Waals surface area contributed by atoms with Gasteiger partial charge in [-0.2, -0.15) is 0 Å². The first-order valence-corrected chi connectivity index (χ1v) is 9.16. The second kappa shape index (κ2) is 8.17. The quantitative estimate of drug-likeness (QED) is 0.842. The van der Waals surface area contributed by atoms with E-state index in [1.54, 1.807) is 0 Å². The van der Waals surface area contributed by atoms with Crippen molar-refractivity contribution < 1.29 is 4.79 Å². The molecule has 3 atom stereocenters. The number of likely N-dealkylation sites (tertiary alicyclic amines) is 1. The Morgan fingerprint density at radius 1 is 1.19 bits per heavy atom. The molecule has 2 aliphatic rings. The molecule has 0 bridgehead atoms. The van der Waals surface area contributed by atoms with Crippen molar-refractivity contribution in [3.63, 3.8) is 0 Å². The Balaban J connectivity index is 1.89. The standard InChI is InChI=1S/C18H34N2O/c1-3-16(12-15-8-5-4-6-9-15)18(21)20-11-7-10-17(13-20)14(2)19/h14-17H,3-13,19H2,1-2H3. The van der Waals surface area contributed by atoms with Gasteiger partial charge in [0.25, 0.3) is 0 Å². The van der Waals surface area contributed by atoms with Crippen LogP contribution in [0, 0.1) is 17.8 Å². The normalized spacial score (nSPS) is 27.4. The fourth-order valence-electron chi connectivity index (χ4n) is 4.16. The molecular formula is C18H34N2O. The lowest BCUT2D eigenvalue weighted by Crippen LogP contribution is -2.47. The summed E-state index contributed by atoms with van der Waals surface area (Å²) in [6, 6.07) is 0.207. The second-order valence-corrected chi connectivity index (χ2v) is 7.39. The summed E-state index contributed by atoms with van der Waals surface area (Å²) in [6.07, 6.45) is 11.2. The van der Waals surface area contributed by atoms with Crippen LogP contribution < -0.4 is 5.73 Å². The zero-order valence-electron chi connectivity index (χ0n) is 14.0. The molecule has 1 saturated heterocycles. The minimum Gasteiger partial charge on any atom is -0.342 e. The molecule has 1 saturated carbocycles. The molecule has 0 aromatic carbocycles. The Kier molecular flexibility index (Phi) is 6.53. The average molecular weight is 294 g/mol. The van der Waals surface area contributed by atoms with Crippen molar-refractivity contribution in [1.29, 1.82) is 0 Å². The molecule has 2 rings (SSSR count). The number of nitrogens with two attached hydrogens (primary N) is 1. The highest BCUT2D eigenvalue weighted by Crippen LogP contribution is 2.31. The summed E-state index contributed by atoms with van der Waals surface area (Å²) in [6.45, 7) is 6.09. The van der Waals surface area contributed by atoms with Gasteiger partial charge in [-0.15, -0.1) is 0 Å². The van der Waals surface area contributed by atoms with E-state index < -0.39 is 0 Å². The summed E-state index contributed by atoms with van der Waals surface area (Å²) in [5, 5.41) is 0. The minimum absolute atomic E-state index is 0.207. The van der Waals surface area contributed by atoms with Gasteiger partial charge < -0.3 is 10.6 Å². The molecular weight excluding hydrogens is 260 g/mol. The molecule has 0 spiro atoms. The molecule has 0 aromatic heterocycles. The molecule has 2 N–H and O–H groups in total. The summed E-state index contributed by atoms with van der Waals surface area (Å²) in [5.74, 6) is 1.95. The maximum Gasteiger partial charge on any atom is 0.225 e. The van der Waals surface area contributed by atoms with Crippen LogP contribution in [0.5, 0.6) is 0 Å². The van der Waals surface area contributed by atoms with Crippen molar-refractivity contribution in [2.24, 2.45) is 23.5 Å². The predicted molar refractivity (Wildman–Crippen MR) is 87.9 cm³/mol. The number of hydrogen-bond acceptors (Lipinski definition) is 2. The second-order valence-electron chi connectivity index (χ2n) is 7.39. The highest BCUT2D eigenvalue weighted by molar-refractivity contribution is 5.79. The van der Waals surface area contributed by atoms with Crippen molar-refractivity contribution in [1.82, 2.24) is 4.90 Å². The smallest absolute Gasteiger partial charge is 0.225 e. The Bertz CT molecular complexity index is 323. The molecule has 3 heteroatoms. The molecule has 3 unspecified atom stereocenters. The van der Waals surface area contributed by atoms with Gasteiger partial charge in [-0.3, -0.25) is 4.79 Å². The van der Waals surface area contributed by atoms with Crippen molar-refractivity contribution in [3.05, 3.63) is 0 Å². The van der Waals surface area contributed by atoms with Crippen molar-refractivity contribution in [2.75, 3.05) is 13.1 Å². The average Bonchev–Trinajstić information content (AvgIpc) is 2.53. The van der Waals surface area contributed by atoms with Crippen LogP contribution in [0.3, 0.4) is 0 Å². The SMILES string of the molecule is CCC(CC1CCCCC1)C(=O)N1CCCC(C(C)N)C1. The van der Waals surface area contributed by atoms with Gasteiger partial charge >= 0.3 is 0 Å². The maximum absolute atomic E-state index is 12.9. The lowest BCUT2D eigenvalue weighted by Gasteiger charge is -2.37. The monoisotopic (exact) mass is 294 g/mol. The number of nitrogens with zero attached hydrogens (tertiary/aromatic N) is 1. The van der Waals surface area contributed by atoms with Crippen molar-refractivity contribution >= 4 is 5.91 Å². The number of piperidine rings is 1. The molecule has 1 heterocycles. The minimum atomic E-state index is 0.207. The van der Waals surface area contributed by atoms with Gasteiger partial charge in [0, 0.05) is 25.0 Å². The van der Waals surface area contributed by atoms with Crippen LogP contribution in [0.25, 0.3) is 0 Å². The Morgan fingerprint density at radius 3 is 2.52 bits per heavy atom. The first-order chi connectivity index (χ1) is 10.1. The van der Waals surface area contributed by atoms with Gasteiger partial charge in [0.15, 0.2) is 0 Å². The number of carbonyl (C=O) groups is 1. The molecule has 0 radical (unpaired) electrons. The molecule has 1 aliphatic heterocycles. The van der Waals surface area contributed by atoms with Crippen LogP contribution in [0.15, 0.2) is 0 Å². The van der Waals surface area contributed by atoms with E-state index >= 15 is 0 Å². The topological polar surface area (TPSA) is 46.3 Å². The third-order valence-corrected chi connectivity index (χ3v) is 5.70. The predicted octanol–water partition coefficient (Wildman–Crippen LogP) is 3.57. The highest BCUT2D eigenvalue weighted by Gasteiger charge is 2.30. The molecule has 2 fully saturated rings. The largest absolute Gasteiger partial charge is 0.342 e. The Labute approximate surface area is 130 Å². The van der Waals surface area contributed by atoms with Crippen LogP contribution in [0.1, 0.15) is 71.6 Å². The molecule has 0 aromatic rings. The van der Waals surface area contributed by atoms with E-state index in [0.717, 1.165) is 38.3 Å². The summed E-state index contributed by atoms with van der Waals surface area (Å²) in [7, 11) is 0. The van der Waals surface area contributed by atoms with E-state index in [0.29, 0.717) is 11.8 Å². The van der Waals surface area contributed by atoms with Crippen LogP contribution in [0.4, 0.5) is 0 Å². The zero-order chi connectivity index (χ0) is 15.2. The number of rotatable bonds is 5. The van der Waals surface area contributed by atoms with Gasteiger partial charge in [0.2, 0.25) is 5.91 Å². The lowest BCUT2D eigenvalue weighted by atomic mass is 9.81. The fourth-order valence-corrected chi connectivity index (χ4v) is 4.16. The summed E-state index contributed by atoms with van der Waals surface area (Å²) >= 11 is 0. The molecule has 1 amide bonds. The number of amides is 1. The van der Waals surface area contributed by atoms with Crippen LogP contribution in [-0.4, -0.2) is 29.9 Å². The van der Waals surface area contributed by atoms with E-state index in [1.165, 1.54) is 38.5 Å². The maximum atomic E-state index is 12.9. The first-order valence-electron chi connectivity index (χ1n) is 9.16. The Hall–Kier alpha value is -0.570. The van der Waals surface area contributed by atoms with Crippen LogP contribution in [0.2, 0.25) is 0 Å². The number of hydrogen-bond donors (Lipinski definition) is 1. The van der Waals surface area contributed by atoms with E-state index in [-0.39, 0.29) is 12.0 Å². The van der Waals surface area contributed by atoms with Gasteiger partial charge in [-0.1, -0.05) is 39.0 Å². The van der Waals surface area contributed by atoms with Gasteiger partial charge in [0.1, 0.15) is 0 Å². The summed E-state index contributed by atoms with van der Waals surface area (Å²) in [5.41, 5.74) is 6.05. The van der Waals surface area contributed by atoms with Crippen molar-refractivity contribution in [2.45, 2.75) is 77.7 Å². The molecule has 3 nitrogen and oxygen atoms in total. The summed E-state index contributed by atoms with van der Waals surface area (Å²) < 4.78 is 0. The van der Waals surface area contributed by atoms with Crippen LogP contribution in [-0.2, 0) is 4.79 Å². The Morgan fingerprint density at radius 2 is 1.90 bits per heavy atom. The third kappa shape index (κ3) is 4.70. The van der Waals surface area contributed by atoms with Crippen molar-refractivity contribution in [3.8, 4) is 0 Å². The van der Waals surface area contributed by atoms with E-state index in [2.05, 4.69) is 18.7 Å². The van der Waals surface area contributed by atoms with E-state index in [4.69, 9.17) is 5.73 Å². The molecule has 122 valence electrons. The zero-order valence-corrected chi connectivity index (χ0v) is 14.0. The fraction of sp³-hybridized carbons (Fsp3) is 0.944. The molecule has 21 heavy (non-hydrogen) atoms. The van der Waals surface area contributed by atoms with Gasteiger partial charge in [0.05, 0.1) is 0 Å². The number of carbonyl (C=O) groups excluding carboxylic acids is 1. The van der Waals surface area contributed by atoms with Gasteiger partial charge in [-0.25, -0.2) is 0 Å². The third-order valence-electron chi connectivity index (χ3n) is 5.70. The molecule has 1 aliphatic carbocycles. The lowest BCUT2D eigenvalue weighted by molar-refractivity contribution is -0.138. The van der Waals surface area contributed by atoms with Crippen LogP contribution >= 0.6 is 0 Å². The highest BCUT2D eigenvalue weighted by atomic mass is 16.2. The summed E-state index contributed by atoms with van der Waals surface area (Å²) in [4.78, 5) is 15.0. The van der Waals surface area contributed by atoms with E-state index in [1.807, 2.05) is 0 Å².